The van der Waals surface area contributed by atoms with Gasteiger partial charge in [0.25, 0.3) is 0 Å². The number of hydrogen-bond acceptors (Lipinski definition) is 2. The van der Waals surface area contributed by atoms with Crippen molar-refractivity contribution < 1.29 is 6.22 Å². The zero-order chi connectivity index (χ0) is 14.8. The van der Waals surface area contributed by atoms with E-state index in [1.807, 2.05) is 23.1 Å². The van der Waals surface area contributed by atoms with E-state index < -0.39 is 0 Å². The lowest BCUT2D eigenvalue weighted by Gasteiger charge is -2.22. The number of rotatable bonds is 1. The Morgan fingerprint density at radius 1 is 1.41 bits per heavy atom. The average Bonchev–Trinajstić information content (AvgIpc) is 3.03. The van der Waals surface area contributed by atoms with Crippen molar-refractivity contribution in [3.8, 4) is 0 Å². The van der Waals surface area contributed by atoms with Crippen molar-refractivity contribution in [2.75, 3.05) is 4.90 Å². The number of allylic oxidation sites excluding steroid dienone is 1. The van der Waals surface area contributed by atoms with Gasteiger partial charge in [0.15, 0.2) is 0 Å². The molecule has 1 aromatic carbocycles. The molecule has 0 radical (unpaired) electrons. The summed E-state index contributed by atoms with van der Waals surface area (Å²) in [6.07, 6.45) is 6.46. The second kappa shape index (κ2) is 4.09. The Bertz CT molecular complexity index is 825. The van der Waals surface area contributed by atoms with Crippen LogP contribution in [0.4, 0.5) is 5.69 Å². The van der Waals surface area contributed by atoms with Gasteiger partial charge in [-0.15, -0.1) is 0 Å². The van der Waals surface area contributed by atoms with Gasteiger partial charge in [0.2, 0.25) is 5.91 Å². The van der Waals surface area contributed by atoms with Gasteiger partial charge >= 0.3 is 0 Å². The fourth-order valence-corrected chi connectivity index (χ4v) is 3.96. The Kier molecular flexibility index (Phi) is 2.27. The molecular formula is C18H19N3O. The molecule has 112 valence electrons. The highest BCUT2D eigenvalue weighted by Crippen LogP contribution is 2.52. The van der Waals surface area contributed by atoms with Crippen LogP contribution in [0, 0.1) is 5.92 Å². The summed E-state index contributed by atoms with van der Waals surface area (Å²) in [4.78, 5) is 22.4. The molecule has 3 atom stereocenters. The summed E-state index contributed by atoms with van der Waals surface area (Å²) in [7, 11) is 0. The Balaban J connectivity index is 0.00000135. The second-order valence-corrected chi connectivity index (χ2v) is 6.52. The van der Waals surface area contributed by atoms with Gasteiger partial charge in [-0.1, -0.05) is 24.3 Å². The zero-order valence-corrected chi connectivity index (χ0v) is 12.4. The summed E-state index contributed by atoms with van der Waals surface area (Å²) in [6, 6.07) is 8.14. The van der Waals surface area contributed by atoms with Crippen LogP contribution in [0.1, 0.15) is 49.5 Å². The first-order valence-electron chi connectivity index (χ1n) is 7.88. The number of aromatic nitrogens is 2. The fraction of sp³-hybridized carbons (Fsp3) is 0.333. The van der Waals surface area contributed by atoms with Gasteiger partial charge in [-0.05, 0) is 30.0 Å². The van der Waals surface area contributed by atoms with Gasteiger partial charge in [0.05, 0.1) is 11.7 Å². The number of H-pyrrole nitrogens is 1. The van der Waals surface area contributed by atoms with E-state index in [2.05, 4.69) is 23.2 Å². The minimum Gasteiger partial charge on any atom is -0.343 e. The van der Waals surface area contributed by atoms with E-state index in [0.717, 1.165) is 23.6 Å². The van der Waals surface area contributed by atoms with E-state index in [1.165, 1.54) is 17.7 Å². The van der Waals surface area contributed by atoms with E-state index in [0.29, 0.717) is 11.8 Å². The summed E-state index contributed by atoms with van der Waals surface area (Å²) in [6.45, 7) is 1.63. The number of nitrogens with one attached hydrogen (secondary N) is 1. The second-order valence-electron chi connectivity index (χ2n) is 6.52. The number of amides is 1. The van der Waals surface area contributed by atoms with E-state index in [-0.39, 0.29) is 13.4 Å². The molecule has 2 heterocycles. The maximum atomic E-state index is 12.2. The fourth-order valence-electron chi connectivity index (χ4n) is 3.96. The van der Waals surface area contributed by atoms with Gasteiger partial charge in [-0.25, -0.2) is 4.98 Å². The van der Waals surface area contributed by atoms with Crippen LogP contribution in [0.2, 0.25) is 0 Å². The van der Waals surface area contributed by atoms with Crippen LogP contribution in [-0.4, -0.2) is 15.9 Å². The molecule has 4 nitrogen and oxygen atoms in total. The predicted molar refractivity (Wildman–Crippen MR) is 86.6 cm³/mol. The summed E-state index contributed by atoms with van der Waals surface area (Å²) < 4.78 is 0. The maximum absolute atomic E-state index is 12.2. The van der Waals surface area contributed by atoms with Crippen molar-refractivity contribution >= 4 is 17.7 Å². The molecule has 2 aromatic rings. The van der Waals surface area contributed by atoms with E-state index in [9.17, 15) is 4.79 Å². The third-order valence-electron chi connectivity index (χ3n) is 5.12. The number of imidazole rings is 1. The minimum absolute atomic E-state index is 0. The highest BCUT2D eigenvalue weighted by Gasteiger charge is 2.43. The van der Waals surface area contributed by atoms with Crippen molar-refractivity contribution in [2.45, 2.75) is 31.7 Å². The van der Waals surface area contributed by atoms with Crippen LogP contribution in [0.15, 0.2) is 30.3 Å². The molecule has 1 fully saturated rings. The van der Waals surface area contributed by atoms with Crippen LogP contribution in [-0.2, 0) is 11.2 Å². The standard InChI is InChI=1S/C18H17N3O.H2/c1-10(22)21-15-5-3-2-4-12(15)9-16(21)18-19-14-7-6-11-8-13(11)17(14)20-18;/h2-7,11,13,16H,8-9H2,1H3,(H,19,20);1H. The third-order valence-corrected chi connectivity index (χ3v) is 5.12. The predicted octanol–water partition coefficient (Wildman–Crippen LogP) is 3.44. The van der Waals surface area contributed by atoms with Gasteiger partial charge < -0.3 is 9.88 Å². The van der Waals surface area contributed by atoms with Crippen LogP contribution in [0.3, 0.4) is 0 Å². The topological polar surface area (TPSA) is 49.0 Å². The Morgan fingerprint density at radius 3 is 3.14 bits per heavy atom. The number of nitrogens with zero attached hydrogens (tertiary/aromatic N) is 2. The third kappa shape index (κ3) is 1.58. The summed E-state index contributed by atoms with van der Waals surface area (Å²) in [5, 5.41) is 0. The van der Waals surface area contributed by atoms with E-state index >= 15 is 0 Å². The summed E-state index contributed by atoms with van der Waals surface area (Å²) in [5.41, 5.74) is 4.57. The molecule has 0 spiro atoms. The molecule has 1 aliphatic heterocycles. The molecule has 4 heteroatoms. The number of anilines is 1. The summed E-state index contributed by atoms with van der Waals surface area (Å²) >= 11 is 0. The molecule has 3 unspecified atom stereocenters. The van der Waals surface area contributed by atoms with Gasteiger partial charge in [0, 0.05) is 32.1 Å². The van der Waals surface area contributed by atoms with Crippen molar-refractivity contribution in [3.05, 3.63) is 53.1 Å². The largest absolute Gasteiger partial charge is 0.343 e. The molecule has 2 aliphatic carbocycles. The lowest BCUT2D eigenvalue weighted by atomic mass is 10.1. The first kappa shape index (κ1) is 12.2. The molecule has 22 heavy (non-hydrogen) atoms. The maximum Gasteiger partial charge on any atom is 0.224 e. The summed E-state index contributed by atoms with van der Waals surface area (Å²) in [5.74, 6) is 2.32. The molecule has 1 amide bonds. The number of hydrogen-bond donors (Lipinski definition) is 1. The molecule has 1 saturated carbocycles. The van der Waals surface area contributed by atoms with Crippen molar-refractivity contribution in [1.29, 1.82) is 0 Å². The molecule has 3 aliphatic rings. The molecule has 0 bridgehead atoms. The molecule has 1 aromatic heterocycles. The van der Waals surface area contributed by atoms with Gasteiger partial charge in [0.1, 0.15) is 5.82 Å². The first-order valence-corrected chi connectivity index (χ1v) is 7.88. The van der Waals surface area contributed by atoms with Crippen LogP contribution < -0.4 is 4.90 Å². The van der Waals surface area contributed by atoms with Gasteiger partial charge in [-0.2, -0.15) is 0 Å². The smallest absolute Gasteiger partial charge is 0.224 e. The Labute approximate surface area is 130 Å². The molecule has 0 saturated heterocycles. The van der Waals surface area contributed by atoms with Crippen molar-refractivity contribution in [2.24, 2.45) is 5.92 Å². The highest BCUT2D eigenvalue weighted by atomic mass is 16.2. The van der Waals surface area contributed by atoms with Crippen LogP contribution >= 0.6 is 0 Å². The lowest BCUT2D eigenvalue weighted by Crippen LogP contribution is -2.30. The average molecular weight is 293 g/mol. The first-order chi connectivity index (χ1) is 10.7. The normalized spacial score (nSPS) is 27.3. The van der Waals surface area contributed by atoms with Crippen LogP contribution in [0.5, 0.6) is 0 Å². The number of aromatic amines is 1. The number of carbonyl (C=O) groups is 1. The van der Waals surface area contributed by atoms with Crippen molar-refractivity contribution in [3.63, 3.8) is 0 Å². The highest BCUT2D eigenvalue weighted by molar-refractivity contribution is 5.94. The zero-order valence-electron chi connectivity index (χ0n) is 12.4. The number of benzene rings is 1. The molecule has 1 N–H and O–H groups in total. The molecular weight excluding hydrogens is 274 g/mol. The Morgan fingerprint density at radius 2 is 2.27 bits per heavy atom. The SMILES string of the molecule is CC(=O)N1c2ccccc2CC1c1nc2c([nH]1)C1CC1C=C2.[HH]. The van der Waals surface area contributed by atoms with Crippen LogP contribution in [0.25, 0.3) is 6.08 Å². The quantitative estimate of drug-likeness (QED) is 0.875. The van der Waals surface area contributed by atoms with Crippen molar-refractivity contribution in [1.82, 2.24) is 9.97 Å². The number of carbonyl (C=O) groups excluding carboxylic acids is 1. The van der Waals surface area contributed by atoms with E-state index in [4.69, 9.17) is 4.98 Å². The monoisotopic (exact) mass is 293 g/mol. The number of fused-ring (bicyclic) bond motifs is 4. The lowest BCUT2D eigenvalue weighted by molar-refractivity contribution is -0.117. The minimum atomic E-state index is -0.00824. The Hall–Kier alpha value is -2.36. The van der Waals surface area contributed by atoms with Gasteiger partial charge in [-0.3, -0.25) is 4.79 Å². The number of para-hydroxylation sites is 1. The molecule has 5 rings (SSSR count). The van der Waals surface area contributed by atoms with E-state index in [1.54, 1.807) is 6.92 Å².